The van der Waals surface area contributed by atoms with Crippen molar-refractivity contribution in [2.24, 2.45) is 0 Å². The van der Waals surface area contributed by atoms with E-state index in [1.54, 1.807) is 30.0 Å². The van der Waals surface area contributed by atoms with Crippen molar-refractivity contribution in [3.63, 3.8) is 0 Å². The van der Waals surface area contributed by atoms with Gasteiger partial charge in [0.2, 0.25) is 0 Å². The van der Waals surface area contributed by atoms with Crippen LogP contribution in [0.1, 0.15) is 40.4 Å². The minimum absolute atomic E-state index is 0.117. The van der Waals surface area contributed by atoms with Gasteiger partial charge in [0, 0.05) is 18.7 Å². The molecule has 2 rings (SSSR count). The molecule has 138 valence electrons. The number of rotatable bonds is 7. The van der Waals surface area contributed by atoms with Crippen LogP contribution in [0.4, 0.5) is 4.39 Å². The third-order valence-corrected chi connectivity index (χ3v) is 4.22. The van der Waals surface area contributed by atoms with Crippen molar-refractivity contribution in [2.45, 2.75) is 33.7 Å². The zero-order chi connectivity index (χ0) is 19.1. The fourth-order valence-corrected chi connectivity index (χ4v) is 2.58. The lowest BCUT2D eigenvalue weighted by atomic mass is 10.1. The molecule has 0 unspecified atom stereocenters. The molecule has 0 saturated carbocycles. The zero-order valence-electron chi connectivity index (χ0n) is 15.4. The van der Waals surface area contributed by atoms with Gasteiger partial charge in [0.25, 0.3) is 5.91 Å². The topological polar surface area (TPSA) is 46.6 Å². The second kappa shape index (κ2) is 9.13. The maximum absolute atomic E-state index is 13.1. The third-order valence-electron chi connectivity index (χ3n) is 4.22. The van der Waals surface area contributed by atoms with Crippen molar-refractivity contribution in [1.29, 1.82) is 0 Å². The second-order valence-corrected chi connectivity index (χ2v) is 6.21. The summed E-state index contributed by atoms with van der Waals surface area (Å²) < 4.78 is 18.1. The van der Waals surface area contributed by atoms with Gasteiger partial charge in [-0.05, 0) is 61.7 Å². The summed E-state index contributed by atoms with van der Waals surface area (Å²) in [6.07, 6.45) is 0.117. The Labute approximate surface area is 153 Å². The van der Waals surface area contributed by atoms with E-state index in [1.165, 1.54) is 12.1 Å². The number of carbonyl (C=O) groups is 2. The summed E-state index contributed by atoms with van der Waals surface area (Å²) in [5, 5.41) is 0. The predicted molar refractivity (Wildman–Crippen MR) is 98.3 cm³/mol. The van der Waals surface area contributed by atoms with Gasteiger partial charge in [-0.25, -0.2) is 4.39 Å². The molecule has 0 aliphatic heterocycles. The van der Waals surface area contributed by atoms with Crippen molar-refractivity contribution in [1.82, 2.24) is 4.90 Å². The van der Waals surface area contributed by atoms with E-state index in [4.69, 9.17) is 4.74 Å². The summed E-state index contributed by atoms with van der Waals surface area (Å²) in [7, 11) is 0. The molecule has 0 radical (unpaired) electrons. The van der Waals surface area contributed by atoms with Gasteiger partial charge in [0.1, 0.15) is 5.82 Å². The first-order chi connectivity index (χ1) is 12.4. The number of hydrogen-bond donors (Lipinski definition) is 0. The number of carbonyl (C=O) groups excluding carboxylic acids is 2. The zero-order valence-corrected chi connectivity index (χ0v) is 15.4. The molecule has 0 bridgehead atoms. The van der Waals surface area contributed by atoms with Crippen LogP contribution in [-0.4, -0.2) is 29.9 Å². The SMILES string of the molecule is CCOC(=O)CCN(Cc1ccc(F)cc1)C(=O)c1ccc(C)c(C)c1. The molecule has 0 spiro atoms. The molecule has 0 heterocycles. The van der Waals surface area contributed by atoms with Crippen LogP contribution < -0.4 is 0 Å². The van der Waals surface area contributed by atoms with E-state index in [2.05, 4.69) is 0 Å². The van der Waals surface area contributed by atoms with Gasteiger partial charge in [-0.2, -0.15) is 0 Å². The Morgan fingerprint density at radius 3 is 2.35 bits per heavy atom. The molecular weight excluding hydrogens is 333 g/mol. The average Bonchev–Trinajstić information content (AvgIpc) is 2.62. The summed E-state index contributed by atoms with van der Waals surface area (Å²) in [5.41, 5.74) is 3.51. The Kier molecular flexibility index (Phi) is 6.89. The summed E-state index contributed by atoms with van der Waals surface area (Å²) in [5.74, 6) is -0.835. The predicted octanol–water partition coefficient (Wildman–Crippen LogP) is 4.04. The molecule has 26 heavy (non-hydrogen) atoms. The first kappa shape index (κ1) is 19.6. The summed E-state index contributed by atoms with van der Waals surface area (Å²) >= 11 is 0. The highest BCUT2D eigenvalue weighted by Gasteiger charge is 2.18. The molecule has 1 amide bonds. The smallest absolute Gasteiger partial charge is 0.307 e. The van der Waals surface area contributed by atoms with Crippen molar-refractivity contribution in [3.8, 4) is 0 Å². The molecule has 0 N–H and O–H groups in total. The number of benzene rings is 2. The van der Waals surface area contributed by atoms with Gasteiger partial charge in [-0.3, -0.25) is 9.59 Å². The molecule has 0 aromatic heterocycles. The van der Waals surface area contributed by atoms with Crippen molar-refractivity contribution >= 4 is 11.9 Å². The first-order valence-electron chi connectivity index (χ1n) is 8.67. The number of nitrogens with zero attached hydrogens (tertiary/aromatic N) is 1. The highest BCUT2D eigenvalue weighted by atomic mass is 19.1. The maximum Gasteiger partial charge on any atom is 0.307 e. The molecule has 0 atom stereocenters. The van der Waals surface area contributed by atoms with Gasteiger partial charge < -0.3 is 9.64 Å². The van der Waals surface area contributed by atoms with Crippen molar-refractivity contribution in [3.05, 3.63) is 70.5 Å². The van der Waals surface area contributed by atoms with Crippen LogP contribution in [0.5, 0.6) is 0 Å². The average molecular weight is 357 g/mol. The Bertz CT molecular complexity index is 771. The number of esters is 1. The van der Waals surface area contributed by atoms with Crippen LogP contribution in [0.3, 0.4) is 0 Å². The van der Waals surface area contributed by atoms with Crippen LogP contribution in [0.25, 0.3) is 0 Å². The molecule has 0 fully saturated rings. The van der Waals surface area contributed by atoms with E-state index in [0.717, 1.165) is 16.7 Å². The van der Waals surface area contributed by atoms with Gasteiger partial charge in [-0.1, -0.05) is 18.2 Å². The molecule has 0 saturated heterocycles. The summed E-state index contributed by atoms with van der Waals surface area (Å²) in [4.78, 5) is 26.2. The second-order valence-electron chi connectivity index (χ2n) is 6.21. The van der Waals surface area contributed by atoms with Crippen LogP contribution in [0, 0.1) is 19.7 Å². The lowest BCUT2D eigenvalue weighted by Gasteiger charge is -2.23. The molecule has 0 aliphatic carbocycles. The largest absolute Gasteiger partial charge is 0.466 e. The van der Waals surface area contributed by atoms with E-state index < -0.39 is 0 Å². The first-order valence-corrected chi connectivity index (χ1v) is 8.67. The minimum atomic E-state index is -0.343. The molecule has 4 nitrogen and oxygen atoms in total. The lowest BCUT2D eigenvalue weighted by molar-refractivity contribution is -0.143. The third kappa shape index (κ3) is 5.41. The summed E-state index contributed by atoms with van der Waals surface area (Å²) in [6.45, 7) is 6.53. The fraction of sp³-hybridized carbons (Fsp3) is 0.333. The van der Waals surface area contributed by atoms with Crippen LogP contribution >= 0.6 is 0 Å². The van der Waals surface area contributed by atoms with E-state index in [-0.39, 0.29) is 30.7 Å². The highest BCUT2D eigenvalue weighted by Crippen LogP contribution is 2.15. The fourth-order valence-electron chi connectivity index (χ4n) is 2.58. The minimum Gasteiger partial charge on any atom is -0.466 e. The van der Waals surface area contributed by atoms with Gasteiger partial charge in [0.05, 0.1) is 13.0 Å². The molecule has 5 heteroatoms. The van der Waals surface area contributed by atoms with Crippen LogP contribution in [0.2, 0.25) is 0 Å². The van der Waals surface area contributed by atoms with E-state index >= 15 is 0 Å². The molecule has 0 aliphatic rings. The Balaban J connectivity index is 2.19. The standard InChI is InChI=1S/C21H24FNO3/c1-4-26-20(24)11-12-23(14-17-6-9-19(22)10-7-17)21(25)18-8-5-15(2)16(3)13-18/h5-10,13H,4,11-12,14H2,1-3H3. The number of halogens is 1. The molecule has 2 aromatic carbocycles. The van der Waals surface area contributed by atoms with E-state index in [0.29, 0.717) is 18.7 Å². The highest BCUT2D eigenvalue weighted by molar-refractivity contribution is 5.94. The maximum atomic E-state index is 13.1. The molecule has 2 aromatic rings. The quantitative estimate of drug-likeness (QED) is 0.703. The Morgan fingerprint density at radius 2 is 1.73 bits per heavy atom. The summed E-state index contributed by atoms with van der Waals surface area (Å²) in [6, 6.07) is 11.5. The van der Waals surface area contributed by atoms with Crippen molar-refractivity contribution in [2.75, 3.05) is 13.2 Å². The van der Waals surface area contributed by atoms with Crippen LogP contribution in [0.15, 0.2) is 42.5 Å². The monoisotopic (exact) mass is 357 g/mol. The number of hydrogen-bond acceptors (Lipinski definition) is 3. The van der Waals surface area contributed by atoms with E-state index in [9.17, 15) is 14.0 Å². The Morgan fingerprint density at radius 1 is 1.04 bits per heavy atom. The van der Waals surface area contributed by atoms with Gasteiger partial charge >= 0.3 is 5.97 Å². The van der Waals surface area contributed by atoms with E-state index in [1.807, 2.05) is 26.0 Å². The van der Waals surface area contributed by atoms with Gasteiger partial charge in [-0.15, -0.1) is 0 Å². The Hall–Kier alpha value is -2.69. The lowest BCUT2D eigenvalue weighted by Crippen LogP contribution is -2.33. The normalized spacial score (nSPS) is 10.5. The van der Waals surface area contributed by atoms with Gasteiger partial charge in [0.15, 0.2) is 0 Å². The molecular formula is C21H24FNO3. The van der Waals surface area contributed by atoms with Crippen LogP contribution in [-0.2, 0) is 16.1 Å². The number of ether oxygens (including phenoxy) is 1. The number of aryl methyl sites for hydroxylation is 2. The van der Waals surface area contributed by atoms with Crippen molar-refractivity contribution < 1.29 is 18.7 Å². The number of amides is 1.